The highest BCUT2D eigenvalue weighted by atomic mass is 19.4. The fraction of sp³-hybridized carbons (Fsp3) is 0.500. The second kappa shape index (κ2) is 8.56. The molecular formula is C16H22F3N3O2. The standard InChI is InChI=1S/C16H22F3N3O2/c1-4-22(9-8-16(17,18)19)15(24)20-14-7-5-6-13(10-14)11-21(3)12(2)23/h5-7,10H,4,8-9,11H2,1-3H3,(H,20,24). The predicted octanol–water partition coefficient (Wildman–Crippen LogP) is 3.47. The Hall–Kier alpha value is -2.25. The van der Waals surface area contributed by atoms with E-state index >= 15 is 0 Å². The molecule has 1 aromatic carbocycles. The van der Waals surface area contributed by atoms with Crippen molar-refractivity contribution in [3.63, 3.8) is 0 Å². The van der Waals surface area contributed by atoms with Crippen LogP contribution in [0.3, 0.4) is 0 Å². The fourth-order valence-electron chi connectivity index (χ4n) is 2.00. The van der Waals surface area contributed by atoms with Gasteiger partial charge in [0.25, 0.3) is 0 Å². The van der Waals surface area contributed by atoms with Crippen molar-refractivity contribution in [2.24, 2.45) is 0 Å². The quantitative estimate of drug-likeness (QED) is 0.858. The van der Waals surface area contributed by atoms with Crippen LogP contribution < -0.4 is 5.32 Å². The van der Waals surface area contributed by atoms with Crippen LogP contribution in [0, 0.1) is 0 Å². The summed E-state index contributed by atoms with van der Waals surface area (Å²) in [6.07, 6.45) is -5.34. The Morgan fingerprint density at radius 1 is 1.25 bits per heavy atom. The van der Waals surface area contributed by atoms with Crippen molar-refractivity contribution < 1.29 is 22.8 Å². The van der Waals surface area contributed by atoms with Gasteiger partial charge in [0.1, 0.15) is 0 Å². The van der Waals surface area contributed by atoms with Crippen molar-refractivity contribution >= 4 is 17.6 Å². The molecule has 3 amide bonds. The molecule has 0 bridgehead atoms. The number of benzene rings is 1. The topological polar surface area (TPSA) is 52.7 Å². The number of rotatable bonds is 6. The maximum absolute atomic E-state index is 12.3. The zero-order valence-electron chi connectivity index (χ0n) is 14.0. The summed E-state index contributed by atoms with van der Waals surface area (Å²) in [7, 11) is 1.66. The lowest BCUT2D eigenvalue weighted by Crippen LogP contribution is -2.37. The molecule has 134 valence electrons. The van der Waals surface area contributed by atoms with Gasteiger partial charge in [-0.2, -0.15) is 13.2 Å². The number of alkyl halides is 3. The lowest BCUT2D eigenvalue weighted by molar-refractivity contribution is -0.136. The third-order valence-electron chi connectivity index (χ3n) is 3.47. The molecular weight excluding hydrogens is 323 g/mol. The summed E-state index contributed by atoms with van der Waals surface area (Å²) in [4.78, 5) is 26.0. The molecule has 1 aromatic rings. The van der Waals surface area contributed by atoms with Gasteiger partial charge in [0.2, 0.25) is 5.91 Å². The number of carbonyl (C=O) groups is 2. The van der Waals surface area contributed by atoms with E-state index in [1.54, 1.807) is 38.2 Å². The highest BCUT2D eigenvalue weighted by molar-refractivity contribution is 5.89. The minimum Gasteiger partial charge on any atom is -0.342 e. The van der Waals surface area contributed by atoms with Crippen molar-refractivity contribution in [1.82, 2.24) is 9.80 Å². The summed E-state index contributed by atoms with van der Waals surface area (Å²) >= 11 is 0. The highest BCUT2D eigenvalue weighted by Gasteiger charge is 2.28. The first-order valence-corrected chi connectivity index (χ1v) is 7.55. The molecule has 0 unspecified atom stereocenters. The molecule has 0 atom stereocenters. The summed E-state index contributed by atoms with van der Waals surface area (Å²) in [5.41, 5.74) is 1.28. The van der Waals surface area contributed by atoms with Gasteiger partial charge in [-0.05, 0) is 24.6 Å². The molecule has 0 aliphatic heterocycles. The maximum atomic E-state index is 12.3. The van der Waals surface area contributed by atoms with Gasteiger partial charge in [-0.3, -0.25) is 4.79 Å². The number of amides is 3. The second-order valence-corrected chi connectivity index (χ2v) is 5.45. The van der Waals surface area contributed by atoms with Crippen LogP contribution in [0.25, 0.3) is 0 Å². The normalized spacial score (nSPS) is 11.1. The van der Waals surface area contributed by atoms with Gasteiger partial charge >= 0.3 is 12.2 Å². The summed E-state index contributed by atoms with van der Waals surface area (Å²) in [6, 6.07) is 6.27. The van der Waals surface area contributed by atoms with Gasteiger partial charge in [-0.25, -0.2) is 4.79 Å². The molecule has 0 saturated heterocycles. The predicted molar refractivity (Wildman–Crippen MR) is 85.5 cm³/mol. The Labute approximate surface area is 139 Å². The molecule has 8 heteroatoms. The molecule has 0 heterocycles. The minimum atomic E-state index is -4.30. The molecule has 0 radical (unpaired) electrons. The fourth-order valence-corrected chi connectivity index (χ4v) is 2.00. The highest BCUT2D eigenvalue weighted by Crippen LogP contribution is 2.20. The smallest absolute Gasteiger partial charge is 0.342 e. The number of hydrogen-bond acceptors (Lipinski definition) is 2. The minimum absolute atomic E-state index is 0.0891. The van der Waals surface area contributed by atoms with E-state index < -0.39 is 25.2 Å². The second-order valence-electron chi connectivity index (χ2n) is 5.45. The molecule has 0 aromatic heterocycles. The van der Waals surface area contributed by atoms with Gasteiger partial charge in [0.15, 0.2) is 0 Å². The van der Waals surface area contributed by atoms with E-state index in [-0.39, 0.29) is 12.5 Å². The summed E-state index contributed by atoms with van der Waals surface area (Å²) < 4.78 is 36.9. The first-order valence-electron chi connectivity index (χ1n) is 7.55. The van der Waals surface area contributed by atoms with Gasteiger partial charge < -0.3 is 15.1 Å². The van der Waals surface area contributed by atoms with E-state index in [1.807, 2.05) is 0 Å². The van der Waals surface area contributed by atoms with E-state index in [0.717, 1.165) is 10.5 Å². The van der Waals surface area contributed by atoms with Crippen LogP contribution in [0.5, 0.6) is 0 Å². The van der Waals surface area contributed by atoms with Crippen molar-refractivity contribution in [3.05, 3.63) is 29.8 Å². The molecule has 0 aliphatic rings. The van der Waals surface area contributed by atoms with Crippen molar-refractivity contribution in [2.45, 2.75) is 33.0 Å². The van der Waals surface area contributed by atoms with Gasteiger partial charge in [-0.15, -0.1) is 0 Å². The van der Waals surface area contributed by atoms with Crippen LogP contribution in [0.1, 0.15) is 25.8 Å². The average Bonchev–Trinajstić information content (AvgIpc) is 2.46. The van der Waals surface area contributed by atoms with Gasteiger partial charge in [-0.1, -0.05) is 12.1 Å². The van der Waals surface area contributed by atoms with Crippen LogP contribution >= 0.6 is 0 Å². The molecule has 0 aliphatic carbocycles. The number of halogens is 3. The van der Waals surface area contributed by atoms with E-state index in [9.17, 15) is 22.8 Å². The van der Waals surface area contributed by atoms with Crippen molar-refractivity contribution in [2.75, 3.05) is 25.5 Å². The Morgan fingerprint density at radius 3 is 2.46 bits per heavy atom. The monoisotopic (exact) mass is 345 g/mol. The Balaban J connectivity index is 2.70. The Bertz CT molecular complexity index is 576. The van der Waals surface area contributed by atoms with Gasteiger partial charge in [0.05, 0.1) is 6.42 Å². The first kappa shape index (κ1) is 19.8. The summed E-state index contributed by atoms with van der Waals surface area (Å²) in [6.45, 7) is 3.23. The Morgan fingerprint density at radius 2 is 1.92 bits per heavy atom. The first-order chi connectivity index (χ1) is 11.1. The zero-order chi connectivity index (χ0) is 18.3. The third-order valence-corrected chi connectivity index (χ3v) is 3.47. The van der Waals surface area contributed by atoms with Crippen LogP contribution in [0.2, 0.25) is 0 Å². The molecule has 0 spiro atoms. The zero-order valence-corrected chi connectivity index (χ0v) is 14.0. The van der Waals surface area contributed by atoms with Gasteiger partial charge in [0, 0.05) is 39.3 Å². The SMILES string of the molecule is CCN(CCC(F)(F)F)C(=O)Nc1cccc(CN(C)C(C)=O)c1. The van der Waals surface area contributed by atoms with Crippen molar-refractivity contribution in [3.8, 4) is 0 Å². The molecule has 1 N–H and O–H groups in total. The summed E-state index contributed by atoms with van der Waals surface area (Å²) in [5.74, 6) is -0.0891. The number of anilines is 1. The number of hydrogen-bond donors (Lipinski definition) is 1. The van der Waals surface area contributed by atoms with E-state index in [2.05, 4.69) is 5.32 Å². The lowest BCUT2D eigenvalue weighted by Gasteiger charge is -2.22. The number of carbonyl (C=O) groups excluding carboxylic acids is 2. The van der Waals surface area contributed by atoms with Crippen molar-refractivity contribution in [1.29, 1.82) is 0 Å². The summed E-state index contributed by atoms with van der Waals surface area (Å²) in [5, 5.41) is 2.59. The number of urea groups is 1. The molecule has 5 nitrogen and oxygen atoms in total. The third kappa shape index (κ3) is 6.89. The van der Waals surface area contributed by atoms with Crippen LogP contribution in [0.15, 0.2) is 24.3 Å². The average molecular weight is 345 g/mol. The van der Waals surface area contributed by atoms with Crippen LogP contribution in [-0.2, 0) is 11.3 Å². The van der Waals surface area contributed by atoms with E-state index in [0.29, 0.717) is 12.2 Å². The number of nitrogens with one attached hydrogen (secondary N) is 1. The molecule has 24 heavy (non-hydrogen) atoms. The van der Waals surface area contributed by atoms with E-state index in [4.69, 9.17) is 0 Å². The van der Waals surface area contributed by atoms with Crippen LogP contribution in [0.4, 0.5) is 23.7 Å². The lowest BCUT2D eigenvalue weighted by atomic mass is 10.2. The van der Waals surface area contributed by atoms with Crippen LogP contribution in [-0.4, -0.2) is 48.1 Å². The molecule has 0 saturated carbocycles. The molecule has 1 rings (SSSR count). The molecule has 0 fully saturated rings. The number of nitrogens with zero attached hydrogens (tertiary/aromatic N) is 2. The largest absolute Gasteiger partial charge is 0.390 e. The Kier molecular flexibility index (Phi) is 7.06. The maximum Gasteiger partial charge on any atom is 0.390 e. The van der Waals surface area contributed by atoms with E-state index in [1.165, 1.54) is 11.8 Å².